The van der Waals surface area contributed by atoms with Crippen LogP contribution < -0.4 is 4.72 Å². The number of nitrogens with zero attached hydrogens (tertiary/aromatic N) is 3. The fourth-order valence-electron chi connectivity index (χ4n) is 3.21. The lowest BCUT2D eigenvalue weighted by molar-refractivity contribution is 0.417. The van der Waals surface area contributed by atoms with Gasteiger partial charge in [0.2, 0.25) is 10.0 Å². The number of nitrogens with one attached hydrogen (secondary N) is 1. The average Bonchev–Trinajstić information content (AvgIpc) is 3.36. The number of hydrogen-bond acceptors (Lipinski definition) is 7. The molecule has 1 saturated carbocycles. The zero-order chi connectivity index (χ0) is 22.1. The van der Waals surface area contributed by atoms with E-state index in [2.05, 4.69) is 19.8 Å². The summed E-state index contributed by atoms with van der Waals surface area (Å²) in [6.45, 7) is 0.0521. The van der Waals surface area contributed by atoms with Crippen molar-refractivity contribution < 1.29 is 21.7 Å². The summed E-state index contributed by atoms with van der Waals surface area (Å²) in [5.74, 6) is 2.18. The van der Waals surface area contributed by atoms with E-state index in [4.69, 9.17) is 8.94 Å². The summed E-state index contributed by atoms with van der Waals surface area (Å²) in [7, 11) is -3.77. The highest BCUT2D eigenvalue weighted by molar-refractivity contribution is 7.89. The van der Waals surface area contributed by atoms with Crippen LogP contribution in [0.4, 0.5) is 4.39 Å². The maximum absolute atomic E-state index is 13.0. The van der Waals surface area contributed by atoms with Crippen LogP contribution in [0.1, 0.15) is 41.8 Å². The van der Waals surface area contributed by atoms with Crippen molar-refractivity contribution in [3.05, 3.63) is 83.6 Å². The first-order chi connectivity index (χ1) is 15.5. The van der Waals surface area contributed by atoms with Gasteiger partial charge in [0, 0.05) is 18.0 Å². The third kappa shape index (κ3) is 4.61. The SMILES string of the molecule is O=S(=O)(NCc1cccc(-c2nc(Cc3cnc(C4CC4)o3)no2)c1)c1ccc(F)cc1. The van der Waals surface area contributed by atoms with Crippen molar-refractivity contribution in [3.63, 3.8) is 0 Å². The molecule has 0 radical (unpaired) electrons. The molecule has 5 rings (SSSR count). The Hall–Kier alpha value is -3.37. The van der Waals surface area contributed by atoms with Crippen molar-refractivity contribution in [2.24, 2.45) is 0 Å². The van der Waals surface area contributed by atoms with Crippen LogP contribution >= 0.6 is 0 Å². The molecular formula is C22H19FN4O4S. The monoisotopic (exact) mass is 454 g/mol. The summed E-state index contributed by atoms with van der Waals surface area (Å²) >= 11 is 0. The van der Waals surface area contributed by atoms with Crippen LogP contribution in [0.3, 0.4) is 0 Å². The minimum Gasteiger partial charge on any atom is -0.445 e. The third-order valence-corrected chi connectivity index (χ3v) is 6.48. The molecule has 0 spiro atoms. The van der Waals surface area contributed by atoms with Gasteiger partial charge in [-0.2, -0.15) is 4.98 Å². The number of rotatable bonds is 8. The van der Waals surface area contributed by atoms with Crippen LogP contribution in [0, 0.1) is 5.82 Å². The van der Waals surface area contributed by atoms with E-state index in [0.29, 0.717) is 40.9 Å². The van der Waals surface area contributed by atoms with E-state index in [-0.39, 0.29) is 11.4 Å². The maximum Gasteiger partial charge on any atom is 0.257 e. The van der Waals surface area contributed by atoms with E-state index < -0.39 is 15.8 Å². The molecule has 1 N–H and O–H groups in total. The Morgan fingerprint density at radius 1 is 1.12 bits per heavy atom. The molecule has 2 aromatic carbocycles. The van der Waals surface area contributed by atoms with E-state index in [0.717, 1.165) is 30.9 Å². The topological polar surface area (TPSA) is 111 Å². The van der Waals surface area contributed by atoms with Gasteiger partial charge in [-0.3, -0.25) is 0 Å². The lowest BCUT2D eigenvalue weighted by Gasteiger charge is -2.07. The van der Waals surface area contributed by atoms with Gasteiger partial charge in [-0.1, -0.05) is 17.3 Å². The molecule has 164 valence electrons. The van der Waals surface area contributed by atoms with E-state index in [1.54, 1.807) is 30.5 Å². The third-order valence-electron chi connectivity index (χ3n) is 5.06. The maximum atomic E-state index is 13.0. The molecule has 1 fully saturated rings. The number of aromatic nitrogens is 3. The van der Waals surface area contributed by atoms with Gasteiger partial charge >= 0.3 is 0 Å². The van der Waals surface area contributed by atoms with Gasteiger partial charge in [0.15, 0.2) is 11.7 Å². The molecule has 0 unspecified atom stereocenters. The summed E-state index contributed by atoms with van der Waals surface area (Å²) in [6, 6.07) is 11.8. The molecule has 8 nitrogen and oxygen atoms in total. The Morgan fingerprint density at radius 2 is 1.94 bits per heavy atom. The first kappa shape index (κ1) is 20.5. The fourth-order valence-corrected chi connectivity index (χ4v) is 4.23. The van der Waals surface area contributed by atoms with Gasteiger partial charge in [0.1, 0.15) is 11.6 Å². The van der Waals surface area contributed by atoms with Gasteiger partial charge in [0.25, 0.3) is 5.89 Å². The average molecular weight is 454 g/mol. The normalized spacial score (nSPS) is 14.0. The minimum absolute atomic E-state index is 0.00569. The largest absolute Gasteiger partial charge is 0.445 e. The quantitative estimate of drug-likeness (QED) is 0.431. The second kappa shape index (κ2) is 8.29. The lowest BCUT2D eigenvalue weighted by atomic mass is 10.1. The van der Waals surface area contributed by atoms with Crippen LogP contribution in [0.25, 0.3) is 11.5 Å². The smallest absolute Gasteiger partial charge is 0.257 e. The molecule has 32 heavy (non-hydrogen) atoms. The summed E-state index contributed by atoms with van der Waals surface area (Å²) in [4.78, 5) is 8.70. The van der Waals surface area contributed by atoms with Crippen LogP contribution in [-0.4, -0.2) is 23.5 Å². The molecule has 0 bridgehead atoms. The van der Waals surface area contributed by atoms with Crippen LogP contribution in [-0.2, 0) is 23.0 Å². The van der Waals surface area contributed by atoms with E-state index in [1.165, 1.54) is 12.1 Å². The highest BCUT2D eigenvalue weighted by Gasteiger charge is 2.28. The summed E-state index contributed by atoms with van der Waals surface area (Å²) in [5.41, 5.74) is 1.37. The Labute approximate surface area is 183 Å². The molecule has 1 aliphatic rings. The number of sulfonamides is 1. The lowest BCUT2D eigenvalue weighted by Crippen LogP contribution is -2.23. The standard InChI is InChI=1S/C22H19FN4O4S/c23-17-6-8-19(9-7-17)32(28,29)25-12-14-2-1-3-16(10-14)22-26-20(27-31-22)11-18-13-24-21(30-18)15-4-5-15/h1-3,6-10,13,15,25H,4-5,11-12H2. The highest BCUT2D eigenvalue weighted by Crippen LogP contribution is 2.39. The Morgan fingerprint density at radius 3 is 2.72 bits per heavy atom. The van der Waals surface area contributed by atoms with Crippen molar-refractivity contribution in [2.75, 3.05) is 0 Å². The van der Waals surface area contributed by atoms with E-state index in [1.807, 2.05) is 0 Å². The number of oxazole rings is 1. The number of halogens is 1. The van der Waals surface area contributed by atoms with Crippen molar-refractivity contribution >= 4 is 10.0 Å². The second-order valence-electron chi connectivity index (χ2n) is 7.61. The van der Waals surface area contributed by atoms with Gasteiger partial charge in [-0.05, 0) is 54.8 Å². The molecular weight excluding hydrogens is 435 g/mol. The zero-order valence-electron chi connectivity index (χ0n) is 16.9. The first-order valence-electron chi connectivity index (χ1n) is 10.1. The molecule has 0 amide bonds. The van der Waals surface area contributed by atoms with Crippen molar-refractivity contribution in [2.45, 2.75) is 36.6 Å². The molecule has 0 aliphatic heterocycles. The summed E-state index contributed by atoms with van der Waals surface area (Å²) in [6.07, 6.45) is 4.29. The van der Waals surface area contributed by atoms with Crippen molar-refractivity contribution in [3.8, 4) is 11.5 Å². The van der Waals surface area contributed by atoms with Gasteiger partial charge in [-0.15, -0.1) is 0 Å². The minimum atomic E-state index is -3.77. The Kier molecular flexibility index (Phi) is 5.32. The first-order valence-corrected chi connectivity index (χ1v) is 11.6. The predicted octanol–water partition coefficient (Wildman–Crippen LogP) is 3.81. The van der Waals surface area contributed by atoms with Gasteiger partial charge in [0.05, 0.1) is 17.5 Å². The number of benzene rings is 2. The summed E-state index contributed by atoms with van der Waals surface area (Å²) < 4.78 is 51.5. The molecule has 2 aromatic heterocycles. The number of hydrogen-bond donors (Lipinski definition) is 1. The van der Waals surface area contributed by atoms with Crippen LogP contribution in [0.15, 0.2) is 68.6 Å². The Bertz CT molecular complexity index is 1340. The molecule has 0 atom stereocenters. The molecule has 10 heteroatoms. The molecule has 1 aliphatic carbocycles. The van der Waals surface area contributed by atoms with E-state index >= 15 is 0 Å². The van der Waals surface area contributed by atoms with Gasteiger partial charge in [-0.25, -0.2) is 22.5 Å². The second-order valence-corrected chi connectivity index (χ2v) is 9.38. The van der Waals surface area contributed by atoms with E-state index in [9.17, 15) is 12.8 Å². The fraction of sp³-hybridized carbons (Fsp3) is 0.227. The van der Waals surface area contributed by atoms with Crippen LogP contribution in [0.2, 0.25) is 0 Å². The van der Waals surface area contributed by atoms with Crippen LogP contribution in [0.5, 0.6) is 0 Å². The molecule has 0 saturated heterocycles. The van der Waals surface area contributed by atoms with Crippen molar-refractivity contribution in [1.82, 2.24) is 19.8 Å². The zero-order valence-corrected chi connectivity index (χ0v) is 17.7. The Balaban J connectivity index is 1.26. The van der Waals surface area contributed by atoms with Crippen molar-refractivity contribution in [1.29, 1.82) is 0 Å². The highest BCUT2D eigenvalue weighted by atomic mass is 32.2. The summed E-state index contributed by atoms with van der Waals surface area (Å²) in [5, 5.41) is 4.00. The molecule has 4 aromatic rings. The molecule has 2 heterocycles. The van der Waals surface area contributed by atoms with Gasteiger partial charge < -0.3 is 8.94 Å². The predicted molar refractivity (Wildman–Crippen MR) is 111 cm³/mol.